The highest BCUT2D eigenvalue weighted by Gasteiger charge is 2.19. The molecule has 0 bridgehead atoms. The molecule has 1 unspecified atom stereocenters. The summed E-state index contributed by atoms with van der Waals surface area (Å²) >= 11 is 1.48. The molecule has 0 saturated heterocycles. The van der Waals surface area contributed by atoms with Crippen LogP contribution in [0.2, 0.25) is 0 Å². The summed E-state index contributed by atoms with van der Waals surface area (Å²) in [6.07, 6.45) is 2.37. The van der Waals surface area contributed by atoms with Crippen molar-refractivity contribution in [1.29, 1.82) is 0 Å². The number of carbonyl (C=O) groups is 2. The number of carbonyl (C=O) groups excluding carboxylic acids is 2. The van der Waals surface area contributed by atoms with Crippen molar-refractivity contribution >= 4 is 29.2 Å². The van der Waals surface area contributed by atoms with Crippen molar-refractivity contribution in [2.24, 2.45) is 0 Å². The van der Waals surface area contributed by atoms with Crippen LogP contribution in [0, 0.1) is 0 Å². The Labute approximate surface area is 191 Å². The molecule has 6 nitrogen and oxygen atoms in total. The maximum absolute atomic E-state index is 13.2. The summed E-state index contributed by atoms with van der Waals surface area (Å²) in [4.78, 5) is 26.8. The number of benzene rings is 2. The minimum atomic E-state index is -0.372. The third kappa shape index (κ3) is 5.98. The van der Waals surface area contributed by atoms with Crippen molar-refractivity contribution in [2.45, 2.75) is 19.4 Å². The molecule has 0 aliphatic heterocycles. The van der Waals surface area contributed by atoms with E-state index in [1.807, 2.05) is 48.7 Å². The first kappa shape index (κ1) is 23.1. The van der Waals surface area contributed by atoms with E-state index in [-0.39, 0.29) is 23.6 Å². The molecule has 0 fully saturated rings. The standard InChI is InChI=1S/C25H26N2O4S/c1-4-22(17-7-11-19(30-2)12-8-17)26-25(29)23(16-21-6-5-15-32-21)27-24(28)18-9-13-20(31-3)14-10-18/h5-16,22H,4H2,1-3H3,(H,26,29)(H,27,28)/b23-16-. The van der Waals surface area contributed by atoms with Crippen molar-refractivity contribution in [2.75, 3.05) is 14.2 Å². The van der Waals surface area contributed by atoms with Crippen LogP contribution in [0.5, 0.6) is 11.5 Å². The van der Waals surface area contributed by atoms with Crippen LogP contribution in [-0.4, -0.2) is 26.0 Å². The molecule has 2 aromatic carbocycles. The molecule has 7 heteroatoms. The van der Waals surface area contributed by atoms with E-state index in [1.165, 1.54) is 11.3 Å². The first-order valence-electron chi connectivity index (χ1n) is 10.2. The third-order valence-electron chi connectivity index (χ3n) is 4.91. The number of hydrogen-bond acceptors (Lipinski definition) is 5. The van der Waals surface area contributed by atoms with Gasteiger partial charge in [-0.15, -0.1) is 11.3 Å². The van der Waals surface area contributed by atoms with E-state index in [0.29, 0.717) is 17.7 Å². The summed E-state index contributed by atoms with van der Waals surface area (Å²) in [6, 6.07) is 17.8. The molecule has 0 spiro atoms. The van der Waals surface area contributed by atoms with Gasteiger partial charge in [0.25, 0.3) is 11.8 Å². The Morgan fingerprint density at radius 3 is 2.12 bits per heavy atom. The Kier molecular flexibility index (Phi) is 8.05. The number of nitrogens with one attached hydrogen (secondary N) is 2. The quantitative estimate of drug-likeness (QED) is 0.459. The Morgan fingerprint density at radius 2 is 1.59 bits per heavy atom. The fourth-order valence-corrected chi connectivity index (χ4v) is 3.76. The molecule has 1 aromatic heterocycles. The normalized spacial score (nSPS) is 12.0. The zero-order valence-corrected chi connectivity index (χ0v) is 19.1. The lowest BCUT2D eigenvalue weighted by atomic mass is 10.0. The van der Waals surface area contributed by atoms with Gasteiger partial charge in [-0.05, 0) is 65.9 Å². The Balaban J connectivity index is 1.80. The van der Waals surface area contributed by atoms with Crippen LogP contribution in [0.25, 0.3) is 6.08 Å². The van der Waals surface area contributed by atoms with Gasteiger partial charge in [-0.2, -0.15) is 0 Å². The van der Waals surface area contributed by atoms with Crippen molar-refractivity contribution in [3.8, 4) is 11.5 Å². The SMILES string of the molecule is CCC(NC(=O)/C(=C/c1cccs1)NC(=O)c1ccc(OC)cc1)c1ccc(OC)cc1. The van der Waals surface area contributed by atoms with E-state index >= 15 is 0 Å². The van der Waals surface area contributed by atoms with E-state index < -0.39 is 0 Å². The lowest BCUT2D eigenvalue weighted by Gasteiger charge is -2.19. The number of ether oxygens (including phenoxy) is 2. The van der Waals surface area contributed by atoms with Crippen LogP contribution in [0.4, 0.5) is 0 Å². The number of thiophene rings is 1. The van der Waals surface area contributed by atoms with Gasteiger partial charge in [0.15, 0.2) is 0 Å². The highest BCUT2D eigenvalue weighted by molar-refractivity contribution is 7.10. The Hall–Kier alpha value is -3.58. The Morgan fingerprint density at radius 1 is 0.969 bits per heavy atom. The molecule has 0 saturated carbocycles. The second kappa shape index (κ2) is 11.2. The predicted octanol–water partition coefficient (Wildman–Crippen LogP) is 4.80. The summed E-state index contributed by atoms with van der Waals surface area (Å²) in [5, 5.41) is 7.71. The van der Waals surface area contributed by atoms with Crippen LogP contribution in [-0.2, 0) is 4.79 Å². The summed E-state index contributed by atoms with van der Waals surface area (Å²) in [5.74, 6) is 0.671. The zero-order chi connectivity index (χ0) is 22.9. The lowest BCUT2D eigenvalue weighted by molar-refractivity contribution is -0.118. The summed E-state index contributed by atoms with van der Waals surface area (Å²) in [7, 11) is 3.18. The molecule has 166 valence electrons. The fraction of sp³-hybridized carbons (Fsp3) is 0.200. The second-order valence-electron chi connectivity index (χ2n) is 6.96. The van der Waals surface area contributed by atoms with Gasteiger partial charge in [0.05, 0.1) is 20.3 Å². The van der Waals surface area contributed by atoms with Gasteiger partial charge >= 0.3 is 0 Å². The van der Waals surface area contributed by atoms with Crippen molar-refractivity contribution in [1.82, 2.24) is 10.6 Å². The number of amides is 2. The average molecular weight is 451 g/mol. The zero-order valence-electron chi connectivity index (χ0n) is 18.3. The molecule has 0 radical (unpaired) electrons. The maximum atomic E-state index is 13.2. The highest BCUT2D eigenvalue weighted by atomic mass is 32.1. The van der Waals surface area contributed by atoms with E-state index in [9.17, 15) is 9.59 Å². The number of methoxy groups -OCH3 is 2. The Bertz CT molecular complexity index is 1060. The first-order chi connectivity index (χ1) is 15.5. The van der Waals surface area contributed by atoms with Crippen LogP contribution >= 0.6 is 11.3 Å². The van der Waals surface area contributed by atoms with E-state index in [0.717, 1.165) is 16.2 Å². The minimum Gasteiger partial charge on any atom is -0.497 e. The molecule has 1 atom stereocenters. The van der Waals surface area contributed by atoms with E-state index in [2.05, 4.69) is 10.6 Å². The molecular weight excluding hydrogens is 424 g/mol. The first-order valence-corrected chi connectivity index (χ1v) is 11.1. The van der Waals surface area contributed by atoms with Crippen molar-refractivity contribution < 1.29 is 19.1 Å². The molecule has 2 amide bonds. The molecule has 3 rings (SSSR count). The van der Waals surface area contributed by atoms with Crippen LogP contribution in [0.3, 0.4) is 0 Å². The van der Waals surface area contributed by atoms with Crippen molar-refractivity contribution in [3.05, 3.63) is 87.7 Å². The van der Waals surface area contributed by atoms with Gasteiger partial charge in [-0.3, -0.25) is 9.59 Å². The van der Waals surface area contributed by atoms with Crippen LogP contribution in [0.1, 0.15) is 40.2 Å². The molecule has 3 aromatic rings. The van der Waals surface area contributed by atoms with E-state index in [4.69, 9.17) is 9.47 Å². The molecule has 32 heavy (non-hydrogen) atoms. The topological polar surface area (TPSA) is 76.7 Å². The average Bonchev–Trinajstić information content (AvgIpc) is 3.35. The van der Waals surface area contributed by atoms with Gasteiger partial charge in [0, 0.05) is 10.4 Å². The minimum absolute atomic E-state index is 0.181. The van der Waals surface area contributed by atoms with Crippen LogP contribution < -0.4 is 20.1 Å². The molecule has 0 aliphatic carbocycles. The summed E-state index contributed by atoms with van der Waals surface area (Å²) < 4.78 is 10.3. The summed E-state index contributed by atoms with van der Waals surface area (Å²) in [5.41, 5.74) is 1.57. The molecular formula is C25H26N2O4S. The second-order valence-corrected chi connectivity index (χ2v) is 7.94. The van der Waals surface area contributed by atoms with Crippen molar-refractivity contribution in [3.63, 3.8) is 0 Å². The smallest absolute Gasteiger partial charge is 0.268 e. The largest absolute Gasteiger partial charge is 0.497 e. The monoisotopic (exact) mass is 450 g/mol. The van der Waals surface area contributed by atoms with Gasteiger partial charge in [-0.25, -0.2) is 0 Å². The molecule has 0 aliphatic rings. The lowest BCUT2D eigenvalue weighted by Crippen LogP contribution is -2.36. The fourth-order valence-electron chi connectivity index (χ4n) is 3.10. The third-order valence-corrected chi connectivity index (χ3v) is 5.73. The summed E-state index contributed by atoms with van der Waals surface area (Å²) in [6.45, 7) is 1.99. The van der Waals surface area contributed by atoms with Gasteiger partial charge in [0.2, 0.25) is 0 Å². The molecule has 1 heterocycles. The van der Waals surface area contributed by atoms with Gasteiger partial charge < -0.3 is 20.1 Å². The molecule has 2 N–H and O–H groups in total. The highest BCUT2D eigenvalue weighted by Crippen LogP contribution is 2.21. The number of rotatable bonds is 9. The van der Waals surface area contributed by atoms with Crippen LogP contribution in [0.15, 0.2) is 71.7 Å². The maximum Gasteiger partial charge on any atom is 0.268 e. The van der Waals surface area contributed by atoms with Gasteiger partial charge in [0.1, 0.15) is 17.2 Å². The number of hydrogen-bond donors (Lipinski definition) is 2. The van der Waals surface area contributed by atoms with Gasteiger partial charge in [-0.1, -0.05) is 25.1 Å². The van der Waals surface area contributed by atoms with E-state index in [1.54, 1.807) is 44.6 Å². The predicted molar refractivity (Wildman–Crippen MR) is 127 cm³/mol.